The van der Waals surface area contributed by atoms with Crippen molar-refractivity contribution in [2.24, 2.45) is 4.99 Å². The Labute approximate surface area is 194 Å². The van der Waals surface area contributed by atoms with Crippen molar-refractivity contribution in [3.8, 4) is 0 Å². The average molecular weight is 472 g/mol. The Morgan fingerprint density at radius 1 is 1.10 bits per heavy atom. The van der Waals surface area contributed by atoms with Crippen molar-refractivity contribution in [2.45, 2.75) is 106 Å². The van der Waals surface area contributed by atoms with Crippen molar-refractivity contribution in [1.29, 1.82) is 0 Å². The Kier molecular flexibility index (Phi) is 8.99. The highest BCUT2D eigenvalue weighted by Gasteiger charge is 2.37. The Morgan fingerprint density at radius 2 is 1.71 bits per heavy atom. The number of carboxylic acids is 1. The molecule has 2 saturated carbocycles. The number of carbonyl (C=O) groups is 2. The van der Waals surface area contributed by atoms with Crippen LogP contribution in [0.5, 0.6) is 0 Å². The van der Waals surface area contributed by atoms with E-state index in [0.29, 0.717) is 17.8 Å². The molecule has 0 bridgehead atoms. The quantitative estimate of drug-likeness (QED) is 0.546. The van der Waals surface area contributed by atoms with Crippen LogP contribution >= 0.6 is 23.5 Å². The number of carboxylic acid groups (broad SMARTS) is 1. The summed E-state index contributed by atoms with van der Waals surface area (Å²) >= 11 is 2.86. The van der Waals surface area contributed by atoms with Crippen molar-refractivity contribution >= 4 is 40.7 Å². The number of amidine groups is 1. The van der Waals surface area contributed by atoms with E-state index < -0.39 is 10.7 Å². The zero-order chi connectivity index (χ0) is 22.4. The number of aliphatic imine (C=N–C) groups is 1. The molecule has 1 heterocycles. The molecule has 31 heavy (non-hydrogen) atoms. The van der Waals surface area contributed by atoms with E-state index in [9.17, 15) is 14.7 Å². The summed E-state index contributed by atoms with van der Waals surface area (Å²) in [4.78, 5) is 31.5. The molecule has 1 aliphatic heterocycles. The van der Waals surface area contributed by atoms with Crippen molar-refractivity contribution in [2.75, 3.05) is 13.7 Å². The number of thioether (sulfide) groups is 2. The van der Waals surface area contributed by atoms with Gasteiger partial charge in [0.1, 0.15) is 4.75 Å². The van der Waals surface area contributed by atoms with Crippen LogP contribution in [0.25, 0.3) is 0 Å². The molecule has 0 aromatic heterocycles. The summed E-state index contributed by atoms with van der Waals surface area (Å²) in [5.41, 5.74) is 0. The van der Waals surface area contributed by atoms with E-state index in [1.165, 1.54) is 49.2 Å². The van der Waals surface area contributed by atoms with Crippen molar-refractivity contribution in [3.63, 3.8) is 0 Å². The van der Waals surface area contributed by atoms with E-state index in [-0.39, 0.29) is 22.7 Å². The van der Waals surface area contributed by atoms with Crippen molar-refractivity contribution < 1.29 is 19.4 Å². The second kappa shape index (κ2) is 11.3. The van der Waals surface area contributed by atoms with E-state index in [2.05, 4.69) is 15.2 Å². The molecule has 3 aliphatic rings. The van der Waals surface area contributed by atoms with Crippen LogP contribution in [0.2, 0.25) is 0 Å². The monoisotopic (exact) mass is 471 g/mol. The van der Waals surface area contributed by atoms with E-state index >= 15 is 0 Å². The second-order valence-electron chi connectivity index (χ2n) is 9.28. The number of ether oxygens (including phenoxy) is 1. The van der Waals surface area contributed by atoms with Crippen LogP contribution in [0.15, 0.2) is 4.99 Å². The summed E-state index contributed by atoms with van der Waals surface area (Å²) < 4.78 is 4.66. The standard InChI is InChI=1S/C22H37N3O4S2/c1-22(2,19(26)27)31-18-14-23-20(30-18)24-21(28)25(15-8-6-4-5-7-9-15)16-10-12-17(29-3)13-11-16/h15-18H,4-14H2,1-3H3,(H,26,27)(H,23,24,28)/t16-,17-,18?. The molecular formula is C22H37N3O4S2. The Bertz CT molecular complexity index is 657. The first-order chi connectivity index (χ1) is 14.8. The predicted octanol–water partition coefficient (Wildman–Crippen LogP) is 4.70. The van der Waals surface area contributed by atoms with Crippen LogP contribution in [0.3, 0.4) is 0 Å². The Morgan fingerprint density at radius 3 is 2.29 bits per heavy atom. The number of hydrogen-bond donors (Lipinski definition) is 2. The summed E-state index contributed by atoms with van der Waals surface area (Å²) in [6.45, 7) is 3.94. The van der Waals surface area contributed by atoms with Gasteiger partial charge in [-0.05, 0) is 52.4 Å². The maximum atomic E-state index is 13.4. The highest BCUT2D eigenvalue weighted by atomic mass is 32.2. The minimum absolute atomic E-state index is 0.00451. The highest BCUT2D eigenvalue weighted by molar-refractivity contribution is 8.25. The van der Waals surface area contributed by atoms with Gasteiger partial charge in [-0.3, -0.25) is 15.1 Å². The van der Waals surface area contributed by atoms with Gasteiger partial charge in [0.15, 0.2) is 5.17 Å². The number of hydrogen-bond acceptors (Lipinski definition) is 6. The molecule has 7 nitrogen and oxygen atoms in total. The number of amides is 2. The van der Waals surface area contributed by atoms with Crippen LogP contribution in [-0.2, 0) is 9.53 Å². The van der Waals surface area contributed by atoms with Gasteiger partial charge in [0.25, 0.3) is 0 Å². The lowest BCUT2D eigenvalue weighted by atomic mass is 9.90. The SMILES string of the molecule is CO[C@H]1CC[C@H](N(C(=O)NC2=NCC(SC(C)(C)C(=O)O)S2)C2CCCCCC2)CC1. The van der Waals surface area contributed by atoms with Crippen LogP contribution in [0.4, 0.5) is 4.79 Å². The molecule has 0 saturated heterocycles. The zero-order valence-corrected chi connectivity index (χ0v) is 20.6. The third kappa shape index (κ3) is 6.78. The van der Waals surface area contributed by atoms with Gasteiger partial charge in [0.05, 0.1) is 17.2 Å². The first-order valence-electron chi connectivity index (χ1n) is 11.5. The maximum Gasteiger partial charge on any atom is 0.323 e. The fraction of sp³-hybridized carbons (Fsp3) is 0.864. The molecule has 0 spiro atoms. The fourth-order valence-corrected chi connectivity index (χ4v) is 7.53. The molecule has 2 amide bonds. The normalized spacial score (nSPS) is 28.0. The first-order valence-corrected chi connectivity index (χ1v) is 13.3. The Hall–Kier alpha value is -0.930. The lowest BCUT2D eigenvalue weighted by molar-refractivity contribution is -0.138. The molecule has 0 aromatic rings. The van der Waals surface area contributed by atoms with E-state index in [1.54, 1.807) is 21.0 Å². The molecule has 176 valence electrons. The van der Waals surface area contributed by atoms with Gasteiger partial charge >= 0.3 is 12.0 Å². The number of rotatable bonds is 6. The smallest absolute Gasteiger partial charge is 0.323 e. The molecule has 2 N–H and O–H groups in total. The molecule has 0 aromatic carbocycles. The average Bonchev–Trinajstić information content (AvgIpc) is 2.98. The third-order valence-corrected chi connectivity index (χ3v) is 9.22. The second-order valence-corrected chi connectivity index (χ2v) is 12.6. The highest BCUT2D eigenvalue weighted by Crippen LogP contribution is 2.38. The van der Waals surface area contributed by atoms with E-state index in [4.69, 9.17) is 4.74 Å². The van der Waals surface area contributed by atoms with Gasteiger partial charge in [-0.15, -0.1) is 11.8 Å². The number of carbonyl (C=O) groups excluding carboxylic acids is 1. The molecule has 0 radical (unpaired) electrons. The Balaban J connectivity index is 1.62. The lowest BCUT2D eigenvalue weighted by Crippen LogP contribution is -2.53. The van der Waals surface area contributed by atoms with Gasteiger partial charge in [0, 0.05) is 19.2 Å². The van der Waals surface area contributed by atoms with Crippen LogP contribution in [0, 0.1) is 0 Å². The molecule has 3 rings (SSSR count). The van der Waals surface area contributed by atoms with E-state index in [0.717, 1.165) is 38.5 Å². The van der Waals surface area contributed by atoms with Gasteiger partial charge in [-0.1, -0.05) is 37.4 Å². The molecule has 2 fully saturated rings. The molecular weight excluding hydrogens is 434 g/mol. The number of nitrogens with one attached hydrogen (secondary N) is 1. The molecule has 1 atom stereocenters. The van der Waals surface area contributed by atoms with E-state index in [1.807, 2.05) is 0 Å². The lowest BCUT2D eigenvalue weighted by Gasteiger charge is -2.41. The van der Waals surface area contributed by atoms with Gasteiger partial charge in [-0.2, -0.15) is 0 Å². The summed E-state index contributed by atoms with van der Waals surface area (Å²) in [7, 11) is 1.77. The molecule has 9 heteroatoms. The number of urea groups is 1. The van der Waals surface area contributed by atoms with Crippen molar-refractivity contribution in [1.82, 2.24) is 10.2 Å². The summed E-state index contributed by atoms with van der Waals surface area (Å²) in [5.74, 6) is -0.832. The number of aliphatic carboxylic acids is 1. The number of methoxy groups -OCH3 is 1. The summed E-state index contributed by atoms with van der Waals surface area (Å²) in [6, 6.07) is 0.495. The largest absolute Gasteiger partial charge is 0.480 e. The summed E-state index contributed by atoms with van der Waals surface area (Å²) in [5, 5.41) is 13.1. The fourth-order valence-electron chi connectivity index (χ4n) is 4.75. The summed E-state index contributed by atoms with van der Waals surface area (Å²) in [6.07, 6.45) is 11.3. The minimum atomic E-state index is -0.876. The van der Waals surface area contributed by atoms with Crippen LogP contribution in [-0.4, -0.2) is 68.3 Å². The minimum Gasteiger partial charge on any atom is -0.480 e. The number of nitrogens with zero attached hydrogens (tertiary/aromatic N) is 2. The van der Waals surface area contributed by atoms with Gasteiger partial charge in [-0.25, -0.2) is 4.79 Å². The van der Waals surface area contributed by atoms with Gasteiger partial charge in [0.2, 0.25) is 0 Å². The van der Waals surface area contributed by atoms with Crippen LogP contribution in [0.1, 0.15) is 78.1 Å². The van der Waals surface area contributed by atoms with Crippen molar-refractivity contribution in [3.05, 3.63) is 0 Å². The predicted molar refractivity (Wildman–Crippen MR) is 128 cm³/mol. The van der Waals surface area contributed by atoms with Crippen LogP contribution < -0.4 is 5.32 Å². The zero-order valence-electron chi connectivity index (χ0n) is 19.0. The maximum absolute atomic E-state index is 13.4. The topological polar surface area (TPSA) is 91.2 Å². The molecule has 1 unspecified atom stereocenters. The first kappa shape index (κ1) is 24.7. The molecule has 2 aliphatic carbocycles. The third-order valence-electron chi connectivity index (χ3n) is 6.61. The van der Waals surface area contributed by atoms with Gasteiger partial charge < -0.3 is 14.7 Å².